The van der Waals surface area contributed by atoms with Crippen molar-refractivity contribution in [3.63, 3.8) is 0 Å². The summed E-state index contributed by atoms with van der Waals surface area (Å²) in [6.07, 6.45) is 0. The third kappa shape index (κ3) is 4.88. The lowest BCUT2D eigenvalue weighted by atomic mass is 9.70. The molecule has 0 bridgehead atoms. The Morgan fingerprint density at radius 1 is 0.323 bits per heavy atom. The van der Waals surface area contributed by atoms with Crippen LogP contribution >= 0.6 is 0 Å². The Morgan fingerprint density at radius 3 is 1.56 bits per heavy atom. The molecule has 2 aliphatic carbocycles. The van der Waals surface area contributed by atoms with Gasteiger partial charge < -0.3 is 14.4 Å². The fraction of sp³-hybridized carbons (Fsp3) is 0.0169. The molecule has 0 unspecified atom stereocenters. The summed E-state index contributed by atoms with van der Waals surface area (Å²) in [5.41, 5.74) is 17.1. The van der Waals surface area contributed by atoms with Crippen LogP contribution in [-0.2, 0) is 5.41 Å². The fourth-order valence-corrected chi connectivity index (χ4v) is 10.6. The Bertz CT molecular complexity index is 3370. The number of para-hydroxylation sites is 1. The van der Waals surface area contributed by atoms with Crippen molar-refractivity contribution in [3.05, 3.63) is 247 Å². The van der Waals surface area contributed by atoms with E-state index in [1.807, 2.05) is 6.07 Å². The van der Waals surface area contributed by atoms with Crippen LogP contribution in [0.2, 0.25) is 0 Å². The second-order valence-electron chi connectivity index (χ2n) is 16.3. The molecule has 0 N–H and O–H groups in total. The first-order chi connectivity index (χ1) is 30.8. The van der Waals surface area contributed by atoms with Gasteiger partial charge in [-0.1, -0.05) is 188 Å². The van der Waals surface area contributed by atoms with Crippen molar-refractivity contribution in [2.75, 3.05) is 4.90 Å². The van der Waals surface area contributed by atoms with Gasteiger partial charge in [0.2, 0.25) is 0 Å². The summed E-state index contributed by atoms with van der Waals surface area (Å²) in [7, 11) is 0. The van der Waals surface area contributed by atoms with Gasteiger partial charge in [0.05, 0.1) is 16.8 Å². The van der Waals surface area contributed by atoms with Gasteiger partial charge in [-0.15, -0.1) is 0 Å². The predicted molar refractivity (Wildman–Crippen MR) is 252 cm³/mol. The van der Waals surface area contributed by atoms with Crippen LogP contribution in [0.5, 0.6) is 23.0 Å². The molecule has 0 radical (unpaired) electrons. The lowest BCUT2D eigenvalue weighted by Gasteiger charge is -2.32. The molecule has 10 aromatic carbocycles. The lowest BCUT2D eigenvalue weighted by Crippen LogP contribution is -2.25. The monoisotopic (exact) mass is 791 g/mol. The normalized spacial score (nSPS) is 13.2. The van der Waals surface area contributed by atoms with Crippen LogP contribution in [0.1, 0.15) is 22.3 Å². The molecule has 3 aliphatic rings. The summed E-state index contributed by atoms with van der Waals surface area (Å²) in [5, 5.41) is 2.30. The van der Waals surface area contributed by atoms with Gasteiger partial charge in [0.25, 0.3) is 0 Å². The minimum absolute atomic E-state index is 0.474. The molecule has 0 saturated heterocycles. The Morgan fingerprint density at radius 2 is 0.839 bits per heavy atom. The van der Waals surface area contributed by atoms with Gasteiger partial charge in [0.1, 0.15) is 0 Å². The summed E-state index contributed by atoms with van der Waals surface area (Å²) in [6.45, 7) is 0. The van der Waals surface area contributed by atoms with Crippen LogP contribution in [0.4, 0.5) is 17.1 Å². The van der Waals surface area contributed by atoms with Gasteiger partial charge in [-0.05, 0) is 103 Å². The number of hydrogen-bond donors (Lipinski definition) is 0. The molecule has 1 aliphatic heterocycles. The topological polar surface area (TPSA) is 21.7 Å². The second-order valence-corrected chi connectivity index (χ2v) is 16.3. The molecule has 13 rings (SSSR count). The van der Waals surface area contributed by atoms with Gasteiger partial charge in [-0.2, -0.15) is 0 Å². The maximum Gasteiger partial charge on any atom is 0.194 e. The molecule has 0 saturated carbocycles. The number of anilines is 3. The predicted octanol–water partition coefficient (Wildman–Crippen LogP) is 15.9. The van der Waals surface area contributed by atoms with E-state index in [4.69, 9.17) is 9.47 Å². The van der Waals surface area contributed by atoms with Crippen molar-refractivity contribution in [2.24, 2.45) is 0 Å². The molecular weight excluding hydrogens is 755 g/mol. The SMILES string of the molecule is c1ccc(-c2ccccc2-c2ccc(N(c3cccc4c3Oc3ccc5c(c3O4)-c3ccccc3C53c4ccccc4-c4ccccc43)c3cccc4ccccc34)cc2)cc1. The van der Waals surface area contributed by atoms with Crippen molar-refractivity contribution in [1.29, 1.82) is 0 Å². The molecule has 0 amide bonds. The highest BCUT2D eigenvalue weighted by Gasteiger charge is 2.53. The van der Waals surface area contributed by atoms with E-state index in [0.717, 1.165) is 44.7 Å². The fourth-order valence-electron chi connectivity index (χ4n) is 10.6. The van der Waals surface area contributed by atoms with Gasteiger partial charge in [0, 0.05) is 16.6 Å². The number of nitrogens with zero attached hydrogens (tertiary/aromatic N) is 1. The average molecular weight is 792 g/mol. The van der Waals surface area contributed by atoms with Crippen molar-refractivity contribution >= 4 is 27.8 Å². The van der Waals surface area contributed by atoms with E-state index >= 15 is 0 Å². The molecule has 0 atom stereocenters. The van der Waals surface area contributed by atoms with Crippen LogP contribution < -0.4 is 14.4 Å². The zero-order valence-corrected chi connectivity index (χ0v) is 33.6. The Kier molecular flexibility index (Phi) is 7.52. The average Bonchev–Trinajstić information content (AvgIpc) is 3.82. The molecule has 10 aromatic rings. The zero-order valence-electron chi connectivity index (χ0n) is 33.6. The van der Waals surface area contributed by atoms with E-state index in [1.165, 1.54) is 55.6 Å². The summed E-state index contributed by atoms with van der Waals surface area (Å²) in [4.78, 5) is 2.31. The quantitative estimate of drug-likeness (QED) is 0.173. The van der Waals surface area contributed by atoms with Gasteiger partial charge >= 0.3 is 0 Å². The van der Waals surface area contributed by atoms with Crippen LogP contribution in [0, 0.1) is 0 Å². The highest BCUT2D eigenvalue weighted by molar-refractivity contribution is 6.01. The number of fused-ring (bicyclic) bond motifs is 14. The highest BCUT2D eigenvalue weighted by Crippen LogP contribution is 2.67. The molecule has 0 fully saturated rings. The minimum Gasteiger partial charge on any atom is -0.449 e. The molecule has 290 valence electrons. The number of benzene rings is 10. The van der Waals surface area contributed by atoms with Crippen molar-refractivity contribution in [3.8, 4) is 67.5 Å². The third-order valence-electron chi connectivity index (χ3n) is 13.2. The summed E-state index contributed by atoms with van der Waals surface area (Å²) < 4.78 is 14.4. The van der Waals surface area contributed by atoms with Crippen LogP contribution in [0.3, 0.4) is 0 Å². The van der Waals surface area contributed by atoms with E-state index in [9.17, 15) is 0 Å². The van der Waals surface area contributed by atoms with Crippen molar-refractivity contribution < 1.29 is 9.47 Å². The first kappa shape index (κ1) is 34.7. The van der Waals surface area contributed by atoms with Crippen LogP contribution in [0.25, 0.3) is 55.3 Å². The molecule has 3 nitrogen and oxygen atoms in total. The smallest absolute Gasteiger partial charge is 0.194 e. The van der Waals surface area contributed by atoms with Crippen LogP contribution in [-0.4, -0.2) is 0 Å². The van der Waals surface area contributed by atoms with E-state index in [1.54, 1.807) is 0 Å². The zero-order chi connectivity index (χ0) is 40.8. The van der Waals surface area contributed by atoms with Gasteiger partial charge in [-0.25, -0.2) is 0 Å². The number of ether oxygens (including phenoxy) is 2. The highest BCUT2D eigenvalue weighted by atomic mass is 16.6. The number of rotatable bonds is 5. The Hall–Kier alpha value is -8.14. The minimum atomic E-state index is -0.474. The maximum absolute atomic E-state index is 7.19. The van der Waals surface area contributed by atoms with E-state index in [-0.39, 0.29) is 0 Å². The standard InChI is InChI=1S/C59H37NO2/c1-2-16-38(17-3-1)42-20-6-7-21-43(42)40-32-34-41(35-33-40)60(52-29-14-19-39-18-4-5-22-44(39)52)53-30-15-31-54-57(53)61-55-37-36-51-56(58(55)62-54)47-25-10-13-28-50(47)59(51)48-26-11-8-23-45(48)46-24-9-12-27-49(46)59/h1-37H. The molecule has 1 heterocycles. The van der Waals surface area contributed by atoms with Crippen LogP contribution in [0.15, 0.2) is 224 Å². The number of hydrogen-bond acceptors (Lipinski definition) is 3. The molecular formula is C59H37NO2. The summed E-state index contributed by atoms with van der Waals surface area (Å²) >= 11 is 0. The third-order valence-corrected chi connectivity index (χ3v) is 13.2. The van der Waals surface area contributed by atoms with E-state index < -0.39 is 5.41 Å². The van der Waals surface area contributed by atoms with Crippen molar-refractivity contribution in [1.82, 2.24) is 0 Å². The molecule has 1 spiro atoms. The molecule has 62 heavy (non-hydrogen) atoms. The first-order valence-electron chi connectivity index (χ1n) is 21.3. The van der Waals surface area contributed by atoms with E-state index in [0.29, 0.717) is 17.2 Å². The second kappa shape index (κ2) is 13.4. The van der Waals surface area contributed by atoms with Gasteiger partial charge in [-0.3, -0.25) is 0 Å². The first-order valence-corrected chi connectivity index (χ1v) is 21.3. The van der Waals surface area contributed by atoms with Gasteiger partial charge in [0.15, 0.2) is 23.0 Å². The largest absolute Gasteiger partial charge is 0.449 e. The molecule has 0 aromatic heterocycles. The molecule has 3 heteroatoms. The maximum atomic E-state index is 7.19. The Balaban J connectivity index is 0.968. The van der Waals surface area contributed by atoms with E-state index in [2.05, 4.69) is 223 Å². The summed E-state index contributed by atoms with van der Waals surface area (Å²) in [6, 6.07) is 80.4. The van der Waals surface area contributed by atoms with Crippen molar-refractivity contribution in [2.45, 2.75) is 5.41 Å². The Labute approximate surface area is 360 Å². The summed E-state index contributed by atoms with van der Waals surface area (Å²) in [5.74, 6) is 2.79. The lowest BCUT2D eigenvalue weighted by molar-refractivity contribution is 0.361.